The van der Waals surface area contributed by atoms with E-state index < -0.39 is 0 Å². The largest absolute Gasteiger partial charge is 0.393 e. The van der Waals surface area contributed by atoms with Crippen LogP contribution in [-0.4, -0.2) is 32.4 Å². The maximum atomic E-state index is 9.41. The van der Waals surface area contributed by atoms with Crippen LogP contribution in [0.3, 0.4) is 0 Å². The summed E-state index contributed by atoms with van der Waals surface area (Å²) in [5.41, 5.74) is 0.743. The quantitative estimate of drug-likeness (QED) is 0.856. The number of nitrogens with zero attached hydrogens (tertiary/aromatic N) is 3. The molecular formula is C11H15ClN4O. The fraction of sp³-hybridized carbons (Fsp3) is 0.455. The minimum atomic E-state index is -0.269. The third kappa shape index (κ3) is 3.08. The summed E-state index contributed by atoms with van der Waals surface area (Å²) in [7, 11) is 0. The van der Waals surface area contributed by atoms with E-state index in [9.17, 15) is 5.11 Å². The molecule has 92 valence electrons. The Kier molecular flexibility index (Phi) is 3.81. The van der Waals surface area contributed by atoms with Gasteiger partial charge >= 0.3 is 0 Å². The van der Waals surface area contributed by atoms with Crippen LogP contribution >= 0.6 is 11.6 Å². The van der Waals surface area contributed by atoms with E-state index in [2.05, 4.69) is 15.4 Å². The summed E-state index contributed by atoms with van der Waals surface area (Å²) in [5.74, 6) is 0.551. The average Bonchev–Trinajstić information content (AvgIpc) is 2.70. The first kappa shape index (κ1) is 12.1. The maximum absolute atomic E-state index is 9.41. The van der Waals surface area contributed by atoms with Crippen molar-refractivity contribution in [2.24, 2.45) is 0 Å². The van der Waals surface area contributed by atoms with Gasteiger partial charge in [-0.2, -0.15) is 4.98 Å². The Morgan fingerprint density at radius 2 is 2.35 bits per heavy atom. The molecule has 2 aromatic rings. The van der Waals surface area contributed by atoms with E-state index in [4.69, 9.17) is 11.6 Å². The zero-order valence-corrected chi connectivity index (χ0v) is 10.4. The highest BCUT2D eigenvalue weighted by atomic mass is 35.5. The van der Waals surface area contributed by atoms with Crippen molar-refractivity contribution in [3.05, 3.63) is 23.4 Å². The molecule has 0 aliphatic heterocycles. The van der Waals surface area contributed by atoms with Crippen LogP contribution in [0.1, 0.15) is 19.8 Å². The molecule has 0 aromatic carbocycles. The molecule has 0 spiro atoms. The summed E-state index contributed by atoms with van der Waals surface area (Å²) in [6.07, 6.45) is 2.88. The van der Waals surface area contributed by atoms with Gasteiger partial charge in [0.1, 0.15) is 0 Å². The Balaban J connectivity index is 1.99. The fourth-order valence-corrected chi connectivity index (χ4v) is 1.64. The number of hydrogen-bond acceptors (Lipinski definition) is 4. The van der Waals surface area contributed by atoms with E-state index in [0.717, 1.165) is 12.1 Å². The molecule has 1 unspecified atom stereocenters. The van der Waals surface area contributed by atoms with Crippen LogP contribution in [0.25, 0.3) is 5.65 Å². The molecule has 0 amide bonds. The van der Waals surface area contributed by atoms with Gasteiger partial charge < -0.3 is 10.4 Å². The number of aromatic nitrogens is 3. The van der Waals surface area contributed by atoms with Crippen LogP contribution in [0.4, 0.5) is 5.95 Å². The van der Waals surface area contributed by atoms with E-state index in [1.807, 2.05) is 6.92 Å². The number of rotatable bonds is 5. The lowest BCUT2D eigenvalue weighted by Gasteiger charge is -2.06. The molecule has 2 aromatic heterocycles. The zero-order chi connectivity index (χ0) is 12.3. The van der Waals surface area contributed by atoms with Crippen molar-refractivity contribution in [2.75, 3.05) is 11.9 Å². The summed E-state index contributed by atoms with van der Waals surface area (Å²) in [4.78, 5) is 4.28. The predicted molar refractivity (Wildman–Crippen MR) is 67.4 cm³/mol. The van der Waals surface area contributed by atoms with Crippen molar-refractivity contribution >= 4 is 23.2 Å². The predicted octanol–water partition coefficient (Wildman–Crippen LogP) is 1.96. The fourth-order valence-electron chi connectivity index (χ4n) is 1.49. The number of pyridine rings is 1. The van der Waals surface area contributed by atoms with E-state index in [1.165, 1.54) is 0 Å². The van der Waals surface area contributed by atoms with E-state index >= 15 is 0 Å². The second-order valence-corrected chi connectivity index (χ2v) is 4.30. The molecule has 6 heteroatoms. The Morgan fingerprint density at radius 1 is 1.53 bits per heavy atom. The number of halogens is 1. The molecule has 0 bridgehead atoms. The molecule has 0 saturated heterocycles. The first-order valence-electron chi connectivity index (χ1n) is 5.63. The second-order valence-electron chi connectivity index (χ2n) is 3.86. The molecule has 17 heavy (non-hydrogen) atoms. The Bertz CT molecular complexity index is 499. The van der Waals surface area contributed by atoms with Crippen molar-refractivity contribution in [2.45, 2.75) is 25.9 Å². The standard InChI is InChI=1S/C11H15ClN4O/c1-2-9(17)5-6-13-11-14-10-4-3-8(12)7-16(10)15-11/h3-4,7,9,17H,2,5-6H2,1H3,(H,13,15). The topological polar surface area (TPSA) is 62.5 Å². The van der Waals surface area contributed by atoms with E-state index in [1.54, 1.807) is 22.8 Å². The van der Waals surface area contributed by atoms with Gasteiger partial charge in [0.15, 0.2) is 5.65 Å². The summed E-state index contributed by atoms with van der Waals surface area (Å²) in [6, 6.07) is 3.58. The molecule has 0 radical (unpaired) electrons. The lowest BCUT2D eigenvalue weighted by atomic mass is 10.2. The van der Waals surface area contributed by atoms with E-state index in [0.29, 0.717) is 23.9 Å². The van der Waals surface area contributed by atoms with Crippen LogP contribution in [0.5, 0.6) is 0 Å². The third-order valence-electron chi connectivity index (χ3n) is 2.53. The van der Waals surface area contributed by atoms with Gasteiger partial charge in [-0.05, 0) is 25.0 Å². The summed E-state index contributed by atoms with van der Waals surface area (Å²) in [6.45, 7) is 2.61. The molecule has 2 N–H and O–H groups in total. The van der Waals surface area contributed by atoms with Crippen LogP contribution in [0.15, 0.2) is 18.3 Å². The van der Waals surface area contributed by atoms with Crippen LogP contribution in [0.2, 0.25) is 5.02 Å². The Morgan fingerprint density at radius 3 is 3.12 bits per heavy atom. The SMILES string of the molecule is CCC(O)CCNc1nc2ccc(Cl)cn2n1. The van der Waals surface area contributed by atoms with Crippen molar-refractivity contribution in [3.8, 4) is 0 Å². The molecule has 2 rings (SSSR count). The number of anilines is 1. The van der Waals surface area contributed by atoms with Gasteiger partial charge in [0.2, 0.25) is 5.95 Å². The molecule has 0 aliphatic carbocycles. The van der Waals surface area contributed by atoms with Crippen molar-refractivity contribution < 1.29 is 5.11 Å². The normalized spacial score (nSPS) is 12.9. The van der Waals surface area contributed by atoms with Gasteiger partial charge in [0, 0.05) is 12.7 Å². The van der Waals surface area contributed by atoms with Crippen LogP contribution in [0, 0.1) is 0 Å². The Labute approximate surface area is 104 Å². The smallest absolute Gasteiger partial charge is 0.243 e. The summed E-state index contributed by atoms with van der Waals surface area (Å²) >= 11 is 5.85. The van der Waals surface area contributed by atoms with Gasteiger partial charge in [-0.3, -0.25) is 0 Å². The zero-order valence-electron chi connectivity index (χ0n) is 9.60. The minimum absolute atomic E-state index is 0.269. The average molecular weight is 255 g/mol. The first-order valence-corrected chi connectivity index (χ1v) is 6.00. The maximum Gasteiger partial charge on any atom is 0.243 e. The molecule has 2 heterocycles. The van der Waals surface area contributed by atoms with E-state index in [-0.39, 0.29) is 6.10 Å². The minimum Gasteiger partial charge on any atom is -0.393 e. The summed E-state index contributed by atoms with van der Waals surface area (Å²) in [5, 5.41) is 17.3. The first-order chi connectivity index (χ1) is 8.19. The highest BCUT2D eigenvalue weighted by Crippen LogP contribution is 2.11. The number of fused-ring (bicyclic) bond motifs is 1. The number of hydrogen-bond donors (Lipinski definition) is 2. The third-order valence-corrected chi connectivity index (χ3v) is 2.75. The number of nitrogens with one attached hydrogen (secondary N) is 1. The summed E-state index contributed by atoms with van der Waals surface area (Å²) < 4.78 is 1.63. The van der Waals surface area contributed by atoms with Crippen molar-refractivity contribution in [1.82, 2.24) is 14.6 Å². The lowest BCUT2D eigenvalue weighted by Crippen LogP contribution is -2.12. The highest BCUT2D eigenvalue weighted by molar-refractivity contribution is 6.30. The van der Waals surface area contributed by atoms with Gasteiger partial charge in [0.25, 0.3) is 0 Å². The lowest BCUT2D eigenvalue weighted by molar-refractivity contribution is 0.164. The van der Waals surface area contributed by atoms with Crippen molar-refractivity contribution in [3.63, 3.8) is 0 Å². The molecular weight excluding hydrogens is 240 g/mol. The van der Waals surface area contributed by atoms with Gasteiger partial charge in [-0.15, -0.1) is 5.10 Å². The van der Waals surface area contributed by atoms with Crippen molar-refractivity contribution in [1.29, 1.82) is 0 Å². The van der Waals surface area contributed by atoms with Gasteiger partial charge in [-0.25, -0.2) is 4.52 Å². The molecule has 0 fully saturated rings. The second kappa shape index (κ2) is 5.33. The van der Waals surface area contributed by atoms with Crippen LogP contribution in [-0.2, 0) is 0 Å². The number of aliphatic hydroxyl groups is 1. The molecule has 5 nitrogen and oxygen atoms in total. The van der Waals surface area contributed by atoms with Gasteiger partial charge in [-0.1, -0.05) is 18.5 Å². The highest BCUT2D eigenvalue weighted by Gasteiger charge is 2.04. The Hall–Kier alpha value is -1.33. The molecule has 0 aliphatic rings. The number of aliphatic hydroxyl groups excluding tert-OH is 1. The van der Waals surface area contributed by atoms with Gasteiger partial charge in [0.05, 0.1) is 11.1 Å². The molecule has 0 saturated carbocycles. The molecule has 1 atom stereocenters. The monoisotopic (exact) mass is 254 g/mol. The van der Waals surface area contributed by atoms with Crippen LogP contribution < -0.4 is 5.32 Å².